The number of carbonyl (C=O) groups excluding carboxylic acids is 2. The van der Waals surface area contributed by atoms with Crippen molar-refractivity contribution in [2.45, 2.75) is 62.5 Å². The second-order valence-corrected chi connectivity index (χ2v) is 12.3. The van der Waals surface area contributed by atoms with Gasteiger partial charge in [0.15, 0.2) is 0 Å². The van der Waals surface area contributed by atoms with Gasteiger partial charge in [-0.25, -0.2) is 8.42 Å². The number of anilines is 1. The Labute approximate surface area is 248 Å². The Morgan fingerprint density at radius 2 is 1.56 bits per heavy atom. The molecule has 0 unspecified atom stereocenters. The lowest BCUT2D eigenvalue weighted by molar-refractivity contribution is -0.139. The van der Waals surface area contributed by atoms with E-state index in [1.165, 1.54) is 28.8 Å². The van der Waals surface area contributed by atoms with E-state index in [4.69, 9.17) is 4.74 Å². The van der Waals surface area contributed by atoms with Gasteiger partial charge < -0.3 is 15.0 Å². The molecule has 0 aliphatic heterocycles. The van der Waals surface area contributed by atoms with E-state index < -0.39 is 28.5 Å². The fraction of sp³-hybridized carbons (Fsp3) is 0.355. The molecule has 10 heteroatoms. The molecule has 0 heterocycles. The zero-order valence-corrected chi connectivity index (χ0v) is 25.9. The molecule has 0 aliphatic carbocycles. The molecular formula is C31H39N3O5S2. The van der Waals surface area contributed by atoms with Crippen LogP contribution in [0.4, 0.5) is 5.69 Å². The monoisotopic (exact) mass is 597 g/mol. The fourth-order valence-corrected chi connectivity index (χ4v) is 5.99. The number of benzene rings is 3. The third-order valence-electron chi connectivity index (χ3n) is 6.72. The van der Waals surface area contributed by atoms with Crippen molar-refractivity contribution in [3.63, 3.8) is 0 Å². The van der Waals surface area contributed by atoms with E-state index in [1.807, 2.05) is 50.4 Å². The summed E-state index contributed by atoms with van der Waals surface area (Å²) in [6.07, 6.45) is 2.65. The second kappa shape index (κ2) is 14.9. The first-order valence-electron chi connectivity index (χ1n) is 13.6. The summed E-state index contributed by atoms with van der Waals surface area (Å²) in [5.41, 5.74) is 1.06. The minimum absolute atomic E-state index is 0.0478. The van der Waals surface area contributed by atoms with E-state index in [1.54, 1.807) is 50.2 Å². The fourth-order valence-electron chi connectivity index (χ4n) is 4.16. The molecule has 3 aromatic rings. The number of amides is 2. The van der Waals surface area contributed by atoms with Gasteiger partial charge in [0.2, 0.25) is 11.8 Å². The molecule has 0 aliphatic rings. The van der Waals surface area contributed by atoms with Gasteiger partial charge in [-0.2, -0.15) is 0 Å². The van der Waals surface area contributed by atoms with Gasteiger partial charge in [0.05, 0.1) is 17.2 Å². The molecule has 0 bridgehead atoms. The summed E-state index contributed by atoms with van der Waals surface area (Å²) in [5, 5.41) is 2.94. The number of ether oxygens (including phenoxy) is 1. The summed E-state index contributed by atoms with van der Waals surface area (Å²) in [6.45, 7) is 7.26. The van der Waals surface area contributed by atoms with Crippen molar-refractivity contribution in [3.05, 3.63) is 84.4 Å². The molecule has 1 N–H and O–H groups in total. The molecule has 0 radical (unpaired) electrons. The third kappa shape index (κ3) is 8.27. The predicted molar refractivity (Wildman–Crippen MR) is 165 cm³/mol. The van der Waals surface area contributed by atoms with Gasteiger partial charge in [0, 0.05) is 17.5 Å². The number of nitrogens with zero attached hydrogens (tertiary/aromatic N) is 2. The van der Waals surface area contributed by atoms with Crippen LogP contribution in [-0.2, 0) is 26.2 Å². The highest BCUT2D eigenvalue weighted by molar-refractivity contribution is 7.98. The Balaban J connectivity index is 2.07. The van der Waals surface area contributed by atoms with Crippen molar-refractivity contribution >= 4 is 39.3 Å². The Hall–Kier alpha value is -3.50. The summed E-state index contributed by atoms with van der Waals surface area (Å²) in [6, 6.07) is 21.7. The van der Waals surface area contributed by atoms with E-state index in [0.717, 1.165) is 21.2 Å². The molecule has 0 spiro atoms. The van der Waals surface area contributed by atoms with Crippen LogP contribution in [0.3, 0.4) is 0 Å². The maximum atomic E-state index is 14.1. The zero-order chi connectivity index (χ0) is 30.0. The Morgan fingerprint density at radius 3 is 2.17 bits per heavy atom. The molecule has 220 valence electrons. The van der Waals surface area contributed by atoms with Crippen molar-refractivity contribution in [1.29, 1.82) is 0 Å². The smallest absolute Gasteiger partial charge is 0.264 e. The maximum absolute atomic E-state index is 14.1. The van der Waals surface area contributed by atoms with Gasteiger partial charge in [0.1, 0.15) is 18.3 Å². The lowest BCUT2D eigenvalue weighted by atomic mass is 10.1. The van der Waals surface area contributed by atoms with Gasteiger partial charge in [-0.05, 0) is 75.4 Å². The molecule has 0 fully saturated rings. The number of nitrogens with one attached hydrogen (secondary N) is 1. The van der Waals surface area contributed by atoms with Crippen molar-refractivity contribution in [2.24, 2.45) is 0 Å². The van der Waals surface area contributed by atoms with E-state index >= 15 is 0 Å². The number of thioether (sulfide) groups is 1. The number of hydrogen-bond acceptors (Lipinski definition) is 6. The lowest BCUT2D eigenvalue weighted by Gasteiger charge is -2.33. The van der Waals surface area contributed by atoms with Crippen LogP contribution >= 0.6 is 11.8 Å². The normalized spacial score (nSPS) is 12.7. The summed E-state index contributed by atoms with van der Waals surface area (Å²) in [5.74, 6) is -0.485. The quantitative estimate of drug-likeness (QED) is 0.252. The average Bonchev–Trinajstić information content (AvgIpc) is 2.99. The van der Waals surface area contributed by atoms with Gasteiger partial charge >= 0.3 is 0 Å². The third-order valence-corrected chi connectivity index (χ3v) is 9.24. The summed E-state index contributed by atoms with van der Waals surface area (Å²) in [4.78, 5) is 29.6. The summed E-state index contributed by atoms with van der Waals surface area (Å²) < 4.78 is 35.1. The van der Waals surface area contributed by atoms with Crippen LogP contribution in [0, 0.1) is 0 Å². The van der Waals surface area contributed by atoms with E-state index in [-0.39, 0.29) is 29.1 Å². The summed E-state index contributed by atoms with van der Waals surface area (Å²) in [7, 11) is -4.19. The van der Waals surface area contributed by atoms with Crippen LogP contribution in [0.2, 0.25) is 0 Å². The predicted octanol–water partition coefficient (Wildman–Crippen LogP) is 5.33. The van der Waals surface area contributed by atoms with Crippen LogP contribution in [0.1, 0.15) is 39.7 Å². The van der Waals surface area contributed by atoms with E-state index in [9.17, 15) is 18.0 Å². The van der Waals surface area contributed by atoms with Crippen LogP contribution < -0.4 is 14.4 Å². The molecule has 2 atom stereocenters. The molecule has 2 amide bonds. The molecule has 0 aromatic heterocycles. The van der Waals surface area contributed by atoms with Gasteiger partial charge in [-0.15, -0.1) is 11.8 Å². The minimum atomic E-state index is -4.19. The molecule has 3 rings (SSSR count). The van der Waals surface area contributed by atoms with Crippen LogP contribution in [-0.4, -0.2) is 56.6 Å². The molecule has 41 heavy (non-hydrogen) atoms. The summed E-state index contributed by atoms with van der Waals surface area (Å²) >= 11 is 1.50. The highest BCUT2D eigenvalue weighted by Crippen LogP contribution is 2.33. The standard InChI is InChI=1S/C31H39N3O5S2/c1-6-23(3)32-31(36)24(4)33(21-25-13-9-8-10-14-25)30(35)22-34(28-15-11-12-16-29(28)39-7-2)41(37,38)27-19-17-26(40-5)18-20-27/h8-20,23-24H,6-7,21-22H2,1-5H3,(H,32,36)/t23-,24-/m0/s1. The molecule has 0 saturated carbocycles. The Bertz CT molecular complexity index is 1400. The Morgan fingerprint density at radius 1 is 0.927 bits per heavy atom. The number of rotatable bonds is 14. The van der Waals surface area contributed by atoms with Crippen molar-refractivity contribution in [1.82, 2.24) is 10.2 Å². The molecule has 3 aromatic carbocycles. The van der Waals surface area contributed by atoms with Crippen LogP contribution in [0.15, 0.2) is 88.7 Å². The van der Waals surface area contributed by atoms with Crippen molar-refractivity contribution in [3.8, 4) is 5.75 Å². The van der Waals surface area contributed by atoms with Crippen LogP contribution in [0.25, 0.3) is 0 Å². The highest BCUT2D eigenvalue weighted by atomic mass is 32.2. The number of para-hydroxylation sites is 2. The first-order chi connectivity index (χ1) is 19.6. The molecule has 8 nitrogen and oxygen atoms in total. The van der Waals surface area contributed by atoms with Gasteiger partial charge in [-0.1, -0.05) is 49.4 Å². The zero-order valence-electron chi connectivity index (χ0n) is 24.2. The van der Waals surface area contributed by atoms with Crippen LogP contribution in [0.5, 0.6) is 5.75 Å². The maximum Gasteiger partial charge on any atom is 0.264 e. The topological polar surface area (TPSA) is 96.0 Å². The largest absolute Gasteiger partial charge is 0.492 e. The number of hydrogen-bond donors (Lipinski definition) is 1. The second-order valence-electron chi connectivity index (χ2n) is 9.59. The first kappa shape index (κ1) is 32.0. The average molecular weight is 598 g/mol. The lowest BCUT2D eigenvalue weighted by Crippen LogP contribution is -2.52. The van der Waals surface area contributed by atoms with Crippen molar-refractivity contribution in [2.75, 3.05) is 23.7 Å². The molecular weight excluding hydrogens is 558 g/mol. The van der Waals surface area contributed by atoms with Gasteiger partial charge in [-0.3, -0.25) is 13.9 Å². The van der Waals surface area contributed by atoms with E-state index in [2.05, 4.69) is 5.32 Å². The SMILES string of the molecule is CCOc1ccccc1N(CC(=O)N(Cc1ccccc1)[C@@H](C)C(=O)N[C@@H](C)CC)S(=O)(=O)c1ccc(SC)cc1. The molecule has 0 saturated heterocycles. The van der Waals surface area contributed by atoms with Crippen molar-refractivity contribution < 1.29 is 22.7 Å². The highest BCUT2D eigenvalue weighted by Gasteiger charge is 2.34. The van der Waals surface area contributed by atoms with E-state index in [0.29, 0.717) is 12.4 Å². The van der Waals surface area contributed by atoms with Gasteiger partial charge in [0.25, 0.3) is 10.0 Å². The number of sulfonamides is 1. The Kier molecular flexibility index (Phi) is 11.7. The minimum Gasteiger partial charge on any atom is -0.492 e. The number of carbonyl (C=O) groups is 2. The first-order valence-corrected chi connectivity index (χ1v) is 16.3.